The van der Waals surface area contributed by atoms with Gasteiger partial charge in [0.15, 0.2) is 0 Å². The van der Waals surface area contributed by atoms with Crippen LogP contribution in [-0.4, -0.2) is 47.4 Å². The van der Waals surface area contributed by atoms with Gasteiger partial charge in [-0.05, 0) is 25.7 Å². The van der Waals surface area contributed by atoms with E-state index in [4.69, 9.17) is 4.74 Å². The number of nitrogens with one attached hydrogen (secondary N) is 1. The summed E-state index contributed by atoms with van der Waals surface area (Å²) in [5.41, 5.74) is 0. The van der Waals surface area contributed by atoms with Crippen LogP contribution < -0.4 is 5.32 Å². The first-order valence-electron chi connectivity index (χ1n) is 33.3. The maximum Gasteiger partial charge on any atom is 0.305 e. The van der Waals surface area contributed by atoms with E-state index in [0.717, 1.165) is 38.5 Å². The second-order valence-electron chi connectivity index (χ2n) is 23.2. The summed E-state index contributed by atoms with van der Waals surface area (Å²) in [5, 5.41) is 23.4. The fourth-order valence-electron chi connectivity index (χ4n) is 10.8. The van der Waals surface area contributed by atoms with Crippen molar-refractivity contribution in [1.29, 1.82) is 0 Å². The van der Waals surface area contributed by atoms with Gasteiger partial charge in [-0.2, -0.15) is 0 Å². The van der Waals surface area contributed by atoms with Crippen LogP contribution in [0.4, 0.5) is 0 Å². The van der Waals surface area contributed by atoms with E-state index in [9.17, 15) is 19.8 Å². The van der Waals surface area contributed by atoms with Gasteiger partial charge in [-0.1, -0.05) is 348 Å². The van der Waals surface area contributed by atoms with Crippen LogP contribution in [0.5, 0.6) is 0 Å². The van der Waals surface area contributed by atoms with E-state index in [1.54, 1.807) is 0 Å². The van der Waals surface area contributed by atoms with Crippen molar-refractivity contribution < 1.29 is 24.5 Å². The second-order valence-corrected chi connectivity index (χ2v) is 23.2. The molecule has 0 spiro atoms. The van der Waals surface area contributed by atoms with Gasteiger partial charge >= 0.3 is 5.97 Å². The van der Waals surface area contributed by atoms with Gasteiger partial charge < -0.3 is 20.3 Å². The molecule has 1 amide bonds. The fraction of sp³-hybridized carbons (Fsp3) is 0.970. The molecule has 0 radical (unpaired) electrons. The van der Waals surface area contributed by atoms with Gasteiger partial charge in [-0.15, -0.1) is 0 Å². The molecular weight excluding hydrogens is 887 g/mol. The lowest BCUT2D eigenvalue weighted by Crippen LogP contribution is -2.45. The molecular formula is C66H131NO5. The minimum atomic E-state index is -0.667. The van der Waals surface area contributed by atoms with Gasteiger partial charge in [0.25, 0.3) is 0 Å². The molecule has 0 heterocycles. The topological polar surface area (TPSA) is 95.9 Å². The first kappa shape index (κ1) is 70.9. The Morgan fingerprint density at radius 2 is 0.569 bits per heavy atom. The Hall–Kier alpha value is -1.14. The van der Waals surface area contributed by atoms with Crippen LogP contribution in [0.2, 0.25) is 0 Å². The Balaban J connectivity index is 3.39. The van der Waals surface area contributed by atoms with Crippen molar-refractivity contribution in [3.8, 4) is 0 Å². The van der Waals surface area contributed by atoms with Crippen LogP contribution in [0.15, 0.2) is 0 Å². The molecule has 430 valence electrons. The summed E-state index contributed by atoms with van der Waals surface area (Å²) in [6, 6.07) is -0.544. The lowest BCUT2D eigenvalue weighted by molar-refractivity contribution is -0.143. The van der Waals surface area contributed by atoms with Crippen LogP contribution in [0.1, 0.15) is 386 Å². The molecule has 0 fully saturated rings. The Morgan fingerprint density at radius 1 is 0.333 bits per heavy atom. The molecule has 3 N–H and O–H groups in total. The number of rotatable bonds is 63. The number of amides is 1. The minimum Gasteiger partial charge on any atom is -0.466 e. The molecule has 0 saturated carbocycles. The Bertz CT molecular complexity index is 1040. The van der Waals surface area contributed by atoms with Gasteiger partial charge in [0.1, 0.15) is 0 Å². The normalized spacial score (nSPS) is 12.4. The zero-order valence-corrected chi connectivity index (χ0v) is 49.2. The average Bonchev–Trinajstić information content (AvgIpc) is 3.38. The number of aliphatic hydroxyl groups is 2. The zero-order valence-electron chi connectivity index (χ0n) is 49.2. The highest BCUT2D eigenvalue weighted by atomic mass is 16.5. The lowest BCUT2D eigenvalue weighted by atomic mass is 10.0. The molecule has 2 atom stereocenters. The predicted octanol–water partition coefficient (Wildman–Crippen LogP) is 21.0. The van der Waals surface area contributed by atoms with Crippen molar-refractivity contribution in [1.82, 2.24) is 5.32 Å². The van der Waals surface area contributed by atoms with Crippen molar-refractivity contribution in [2.24, 2.45) is 0 Å². The lowest BCUT2D eigenvalue weighted by Gasteiger charge is -2.22. The van der Waals surface area contributed by atoms with E-state index in [0.29, 0.717) is 25.9 Å². The fourth-order valence-corrected chi connectivity index (χ4v) is 10.8. The van der Waals surface area contributed by atoms with Crippen LogP contribution in [0.3, 0.4) is 0 Å². The van der Waals surface area contributed by atoms with Gasteiger partial charge in [0.2, 0.25) is 5.91 Å². The van der Waals surface area contributed by atoms with Crippen molar-refractivity contribution in [3.05, 3.63) is 0 Å². The standard InChI is InChI=1S/C66H131NO5/c1-3-5-7-9-11-13-15-17-19-20-21-22-23-24-25-28-31-34-38-42-46-50-54-58-64(69)63(62-68)67-65(70)59-55-51-47-43-39-35-32-29-26-27-30-33-37-41-45-49-53-57-61-72-66(71)60-56-52-48-44-40-36-18-16-14-12-10-8-6-4-2/h63-64,68-69H,3-62H2,1-2H3,(H,67,70). The van der Waals surface area contributed by atoms with Crippen LogP contribution in [0, 0.1) is 0 Å². The molecule has 0 aliphatic carbocycles. The average molecular weight is 1020 g/mol. The maximum absolute atomic E-state index is 12.5. The molecule has 72 heavy (non-hydrogen) atoms. The molecule has 6 nitrogen and oxygen atoms in total. The number of carbonyl (C=O) groups is 2. The number of carbonyl (C=O) groups excluding carboxylic acids is 2. The largest absolute Gasteiger partial charge is 0.466 e. The highest BCUT2D eigenvalue weighted by molar-refractivity contribution is 5.76. The van der Waals surface area contributed by atoms with E-state index in [1.807, 2.05) is 0 Å². The summed E-state index contributed by atoms with van der Waals surface area (Å²) < 4.78 is 5.49. The van der Waals surface area contributed by atoms with Crippen LogP contribution >= 0.6 is 0 Å². The summed E-state index contributed by atoms with van der Waals surface area (Å²) in [6.07, 6.45) is 74.1. The van der Waals surface area contributed by atoms with Crippen molar-refractivity contribution >= 4 is 11.9 Å². The Labute approximate surface area is 451 Å². The van der Waals surface area contributed by atoms with Crippen molar-refractivity contribution in [3.63, 3.8) is 0 Å². The summed E-state index contributed by atoms with van der Waals surface area (Å²) in [5.74, 6) is -0.0223. The van der Waals surface area contributed by atoms with E-state index in [1.165, 1.54) is 315 Å². The highest BCUT2D eigenvalue weighted by Crippen LogP contribution is 2.19. The monoisotopic (exact) mass is 1020 g/mol. The maximum atomic E-state index is 12.5. The number of esters is 1. The summed E-state index contributed by atoms with van der Waals surface area (Å²) in [4.78, 5) is 24.6. The molecule has 0 aromatic rings. The molecule has 0 aliphatic rings. The zero-order chi connectivity index (χ0) is 52.2. The quantitative estimate of drug-likeness (QED) is 0.0417. The molecule has 0 bridgehead atoms. The van der Waals surface area contributed by atoms with Gasteiger partial charge in [0, 0.05) is 12.8 Å². The Morgan fingerprint density at radius 3 is 0.847 bits per heavy atom. The number of ether oxygens (including phenoxy) is 1. The number of hydrogen-bond acceptors (Lipinski definition) is 5. The molecule has 6 heteroatoms. The van der Waals surface area contributed by atoms with Crippen molar-refractivity contribution in [2.75, 3.05) is 13.2 Å². The van der Waals surface area contributed by atoms with Gasteiger partial charge in [0.05, 0.1) is 25.4 Å². The van der Waals surface area contributed by atoms with E-state index in [2.05, 4.69) is 19.2 Å². The molecule has 0 rings (SSSR count). The second kappa shape index (κ2) is 62.4. The molecule has 0 saturated heterocycles. The van der Waals surface area contributed by atoms with E-state index in [-0.39, 0.29) is 18.5 Å². The number of aliphatic hydroxyl groups excluding tert-OH is 2. The highest BCUT2D eigenvalue weighted by Gasteiger charge is 2.20. The first-order chi connectivity index (χ1) is 35.5. The minimum absolute atomic E-state index is 0.0112. The van der Waals surface area contributed by atoms with Gasteiger partial charge in [-0.3, -0.25) is 9.59 Å². The Kier molecular flexibility index (Phi) is 61.4. The summed E-state index contributed by atoms with van der Waals surface area (Å²) in [7, 11) is 0. The van der Waals surface area contributed by atoms with Crippen LogP contribution in [0.25, 0.3) is 0 Å². The summed E-state index contributed by atoms with van der Waals surface area (Å²) >= 11 is 0. The predicted molar refractivity (Wildman–Crippen MR) is 315 cm³/mol. The third kappa shape index (κ3) is 58.1. The molecule has 2 unspecified atom stereocenters. The number of unbranched alkanes of at least 4 members (excludes halogenated alkanes) is 52. The van der Waals surface area contributed by atoms with Gasteiger partial charge in [-0.25, -0.2) is 0 Å². The molecule has 0 aromatic heterocycles. The summed E-state index contributed by atoms with van der Waals surface area (Å²) in [6.45, 7) is 4.99. The first-order valence-corrected chi connectivity index (χ1v) is 33.3. The smallest absolute Gasteiger partial charge is 0.305 e. The third-order valence-corrected chi connectivity index (χ3v) is 15.9. The van der Waals surface area contributed by atoms with E-state index >= 15 is 0 Å². The number of hydrogen-bond donors (Lipinski definition) is 3. The third-order valence-electron chi connectivity index (χ3n) is 15.9. The van der Waals surface area contributed by atoms with E-state index < -0.39 is 12.1 Å². The molecule has 0 aromatic carbocycles. The van der Waals surface area contributed by atoms with Crippen molar-refractivity contribution in [2.45, 2.75) is 398 Å². The molecule has 0 aliphatic heterocycles. The van der Waals surface area contributed by atoms with Crippen LogP contribution in [-0.2, 0) is 14.3 Å². The SMILES string of the molecule is CCCCCCCCCCCCCCCCCCCCCCCCCC(O)C(CO)NC(=O)CCCCCCCCCCCCCCCCCCCCOC(=O)CCCCCCCCCCCCCCCC.